The number of hydrogen-bond donors (Lipinski definition) is 3. The van der Waals surface area contributed by atoms with E-state index in [0.29, 0.717) is 16.8 Å². The van der Waals surface area contributed by atoms with Crippen molar-refractivity contribution in [3.05, 3.63) is 53.9 Å². The third-order valence-electron chi connectivity index (χ3n) is 3.24. The first kappa shape index (κ1) is 12.2. The van der Waals surface area contributed by atoms with Crippen LogP contribution in [0.5, 0.6) is 5.75 Å². The van der Waals surface area contributed by atoms with Crippen LogP contribution in [0.2, 0.25) is 0 Å². The molecule has 5 heteroatoms. The van der Waals surface area contributed by atoms with Crippen molar-refractivity contribution in [2.45, 2.75) is 6.92 Å². The highest BCUT2D eigenvalue weighted by Crippen LogP contribution is 2.24. The summed E-state index contributed by atoms with van der Waals surface area (Å²) in [6.07, 6.45) is 1.59. The summed E-state index contributed by atoms with van der Waals surface area (Å²) in [7, 11) is 0. The molecule has 2 aromatic carbocycles. The van der Waals surface area contributed by atoms with E-state index in [1.807, 2.05) is 0 Å². The van der Waals surface area contributed by atoms with Gasteiger partial charge in [-0.2, -0.15) is 0 Å². The topological polar surface area (TPSA) is 78.0 Å². The van der Waals surface area contributed by atoms with Crippen molar-refractivity contribution in [3.8, 4) is 5.75 Å². The summed E-state index contributed by atoms with van der Waals surface area (Å²) < 4.78 is 0. The second kappa shape index (κ2) is 4.70. The summed E-state index contributed by atoms with van der Waals surface area (Å²) in [4.78, 5) is 19.3. The lowest BCUT2D eigenvalue weighted by Crippen LogP contribution is -2.12. The molecule has 3 rings (SSSR count). The molecule has 100 valence electrons. The van der Waals surface area contributed by atoms with E-state index in [0.717, 1.165) is 11.0 Å². The number of aromatic nitrogens is 2. The molecular formula is C15H13N3O2. The number of rotatable bonds is 2. The predicted octanol–water partition coefficient (Wildman–Crippen LogP) is 2.83. The van der Waals surface area contributed by atoms with Gasteiger partial charge in [0.2, 0.25) is 0 Å². The number of H-pyrrole nitrogens is 1. The normalized spacial score (nSPS) is 10.7. The van der Waals surface area contributed by atoms with E-state index in [2.05, 4.69) is 15.3 Å². The Morgan fingerprint density at radius 1 is 1.30 bits per heavy atom. The standard InChI is InChI=1S/C15H13N3O2/c1-9-11(3-2-4-14(9)19)18-15(20)10-5-6-12-13(7-10)17-8-16-12/h2-8,19H,1H3,(H,16,17)(H,18,20). The van der Waals surface area contributed by atoms with Crippen LogP contribution in [0.1, 0.15) is 15.9 Å². The van der Waals surface area contributed by atoms with Crippen LogP contribution in [-0.4, -0.2) is 21.0 Å². The fraction of sp³-hybridized carbons (Fsp3) is 0.0667. The number of fused-ring (bicyclic) bond motifs is 1. The molecule has 0 bridgehead atoms. The van der Waals surface area contributed by atoms with Gasteiger partial charge in [0.1, 0.15) is 5.75 Å². The number of phenolic OH excluding ortho intramolecular Hbond substituents is 1. The number of carbonyl (C=O) groups is 1. The number of aromatic amines is 1. The zero-order valence-electron chi connectivity index (χ0n) is 10.8. The van der Waals surface area contributed by atoms with Crippen molar-refractivity contribution in [3.63, 3.8) is 0 Å². The third kappa shape index (κ3) is 2.09. The van der Waals surface area contributed by atoms with Crippen molar-refractivity contribution < 1.29 is 9.90 Å². The van der Waals surface area contributed by atoms with E-state index in [1.165, 1.54) is 0 Å². The minimum atomic E-state index is -0.227. The molecule has 3 aromatic rings. The van der Waals surface area contributed by atoms with Crippen LogP contribution in [0, 0.1) is 6.92 Å². The van der Waals surface area contributed by atoms with Crippen LogP contribution in [0.15, 0.2) is 42.7 Å². The van der Waals surface area contributed by atoms with E-state index in [4.69, 9.17) is 0 Å². The highest BCUT2D eigenvalue weighted by molar-refractivity contribution is 6.06. The Labute approximate surface area is 115 Å². The number of phenols is 1. The predicted molar refractivity (Wildman–Crippen MR) is 76.9 cm³/mol. The van der Waals surface area contributed by atoms with Gasteiger partial charge in [-0.25, -0.2) is 4.98 Å². The number of anilines is 1. The molecule has 5 nitrogen and oxygen atoms in total. The quantitative estimate of drug-likeness (QED) is 0.668. The number of amides is 1. The number of imidazole rings is 1. The lowest BCUT2D eigenvalue weighted by Gasteiger charge is -2.09. The number of carbonyl (C=O) groups excluding carboxylic acids is 1. The summed E-state index contributed by atoms with van der Waals surface area (Å²) in [6, 6.07) is 10.3. The minimum absolute atomic E-state index is 0.159. The van der Waals surface area contributed by atoms with Gasteiger partial charge in [0.25, 0.3) is 5.91 Å². The molecule has 0 atom stereocenters. The van der Waals surface area contributed by atoms with Gasteiger partial charge in [-0.15, -0.1) is 0 Å². The largest absolute Gasteiger partial charge is 0.508 e. The fourth-order valence-corrected chi connectivity index (χ4v) is 2.03. The zero-order chi connectivity index (χ0) is 14.1. The molecule has 0 saturated carbocycles. The molecule has 0 saturated heterocycles. The Morgan fingerprint density at radius 3 is 3.00 bits per heavy atom. The highest BCUT2D eigenvalue weighted by Gasteiger charge is 2.10. The van der Waals surface area contributed by atoms with Gasteiger partial charge in [0, 0.05) is 16.8 Å². The van der Waals surface area contributed by atoms with Gasteiger partial charge in [0.05, 0.1) is 17.4 Å². The smallest absolute Gasteiger partial charge is 0.255 e. The van der Waals surface area contributed by atoms with Crippen molar-refractivity contribution >= 4 is 22.6 Å². The van der Waals surface area contributed by atoms with Crippen molar-refractivity contribution in [1.82, 2.24) is 9.97 Å². The fourth-order valence-electron chi connectivity index (χ4n) is 2.03. The highest BCUT2D eigenvalue weighted by atomic mass is 16.3. The average molecular weight is 267 g/mol. The summed E-state index contributed by atoms with van der Waals surface area (Å²) >= 11 is 0. The maximum Gasteiger partial charge on any atom is 0.255 e. The van der Waals surface area contributed by atoms with E-state index in [1.54, 1.807) is 49.6 Å². The number of aromatic hydroxyl groups is 1. The summed E-state index contributed by atoms with van der Waals surface area (Å²) in [5, 5.41) is 12.4. The minimum Gasteiger partial charge on any atom is -0.508 e. The van der Waals surface area contributed by atoms with Gasteiger partial charge in [-0.3, -0.25) is 4.79 Å². The Balaban J connectivity index is 1.90. The molecular weight excluding hydrogens is 254 g/mol. The number of nitrogens with one attached hydrogen (secondary N) is 2. The zero-order valence-corrected chi connectivity index (χ0v) is 10.8. The van der Waals surface area contributed by atoms with E-state index in [9.17, 15) is 9.90 Å². The monoisotopic (exact) mass is 267 g/mol. The Hall–Kier alpha value is -2.82. The second-order valence-corrected chi connectivity index (χ2v) is 4.54. The number of nitrogens with zero attached hydrogens (tertiary/aromatic N) is 1. The summed E-state index contributed by atoms with van der Waals surface area (Å²) in [5.41, 5.74) is 3.40. The first-order valence-electron chi connectivity index (χ1n) is 6.18. The molecule has 0 aliphatic heterocycles. The molecule has 20 heavy (non-hydrogen) atoms. The van der Waals surface area contributed by atoms with Crippen molar-refractivity contribution in [2.24, 2.45) is 0 Å². The van der Waals surface area contributed by atoms with E-state index < -0.39 is 0 Å². The third-order valence-corrected chi connectivity index (χ3v) is 3.24. The van der Waals surface area contributed by atoms with Crippen molar-refractivity contribution in [2.75, 3.05) is 5.32 Å². The van der Waals surface area contributed by atoms with Crippen LogP contribution >= 0.6 is 0 Å². The first-order chi connectivity index (χ1) is 9.65. The molecule has 0 fully saturated rings. The Kier molecular flexibility index (Phi) is 2.87. The average Bonchev–Trinajstić information content (AvgIpc) is 2.91. The molecule has 0 unspecified atom stereocenters. The Bertz CT molecular complexity index is 793. The second-order valence-electron chi connectivity index (χ2n) is 4.54. The SMILES string of the molecule is Cc1c(O)cccc1NC(=O)c1ccc2nc[nH]c2c1. The van der Waals surface area contributed by atoms with Gasteiger partial charge in [-0.05, 0) is 37.3 Å². The molecule has 0 radical (unpaired) electrons. The molecule has 1 aromatic heterocycles. The van der Waals surface area contributed by atoms with Gasteiger partial charge >= 0.3 is 0 Å². The van der Waals surface area contributed by atoms with Gasteiger partial charge < -0.3 is 15.4 Å². The van der Waals surface area contributed by atoms with Crippen molar-refractivity contribution in [1.29, 1.82) is 0 Å². The first-order valence-corrected chi connectivity index (χ1v) is 6.18. The maximum absolute atomic E-state index is 12.2. The molecule has 0 aliphatic rings. The number of hydrogen-bond acceptors (Lipinski definition) is 3. The molecule has 3 N–H and O–H groups in total. The molecule has 0 aliphatic carbocycles. The number of benzene rings is 2. The van der Waals surface area contributed by atoms with Gasteiger partial charge in [-0.1, -0.05) is 6.07 Å². The van der Waals surface area contributed by atoms with Crippen LogP contribution in [-0.2, 0) is 0 Å². The van der Waals surface area contributed by atoms with Crippen LogP contribution < -0.4 is 5.32 Å². The molecule has 0 spiro atoms. The maximum atomic E-state index is 12.2. The van der Waals surface area contributed by atoms with Gasteiger partial charge in [0.15, 0.2) is 0 Å². The summed E-state index contributed by atoms with van der Waals surface area (Å²) in [6.45, 7) is 1.75. The Morgan fingerprint density at radius 2 is 2.15 bits per heavy atom. The van der Waals surface area contributed by atoms with E-state index in [-0.39, 0.29) is 11.7 Å². The summed E-state index contributed by atoms with van der Waals surface area (Å²) in [5.74, 6) is -0.0676. The van der Waals surface area contributed by atoms with E-state index >= 15 is 0 Å². The lowest BCUT2D eigenvalue weighted by molar-refractivity contribution is 0.102. The van der Waals surface area contributed by atoms with Crippen LogP contribution in [0.3, 0.4) is 0 Å². The molecule has 1 heterocycles. The van der Waals surface area contributed by atoms with Crippen LogP contribution in [0.25, 0.3) is 11.0 Å². The van der Waals surface area contributed by atoms with Crippen LogP contribution in [0.4, 0.5) is 5.69 Å². The lowest BCUT2D eigenvalue weighted by atomic mass is 10.1. The molecule has 1 amide bonds.